The number of ether oxygens (including phenoxy) is 2. The van der Waals surface area contributed by atoms with Crippen LogP contribution in [-0.4, -0.2) is 19.7 Å². The van der Waals surface area contributed by atoms with E-state index in [2.05, 4.69) is 4.74 Å². The van der Waals surface area contributed by atoms with E-state index in [9.17, 15) is 4.79 Å². The number of carbonyl (C=O) groups excluding carboxylic acids is 1. The van der Waals surface area contributed by atoms with Gasteiger partial charge in [-0.1, -0.05) is 11.6 Å². The summed E-state index contributed by atoms with van der Waals surface area (Å²) >= 11 is 5.91. The molecule has 3 nitrogen and oxygen atoms in total. The van der Waals surface area contributed by atoms with E-state index in [-0.39, 0.29) is 11.9 Å². The Hall–Kier alpha value is -1.22. The van der Waals surface area contributed by atoms with Crippen LogP contribution in [-0.2, 0) is 16.0 Å². The highest BCUT2D eigenvalue weighted by Crippen LogP contribution is 2.30. The van der Waals surface area contributed by atoms with Crippen molar-refractivity contribution >= 4 is 17.6 Å². The normalized spacial score (nSPS) is 18.5. The lowest BCUT2D eigenvalue weighted by Gasteiger charge is -2.24. The van der Waals surface area contributed by atoms with Crippen molar-refractivity contribution in [1.29, 1.82) is 0 Å². The molecular formula is C12H13ClO3. The first-order valence-corrected chi connectivity index (χ1v) is 5.55. The SMILES string of the molecule is COC(=O)CC1COc2ccc(Cl)cc2C1. The molecule has 0 saturated carbocycles. The third kappa shape index (κ3) is 2.47. The van der Waals surface area contributed by atoms with E-state index in [0.29, 0.717) is 18.1 Å². The number of methoxy groups -OCH3 is 1. The van der Waals surface area contributed by atoms with E-state index < -0.39 is 0 Å². The molecule has 0 aliphatic carbocycles. The Morgan fingerprint density at radius 1 is 1.62 bits per heavy atom. The van der Waals surface area contributed by atoms with Crippen molar-refractivity contribution in [2.75, 3.05) is 13.7 Å². The second kappa shape index (κ2) is 4.74. The van der Waals surface area contributed by atoms with Crippen molar-refractivity contribution in [1.82, 2.24) is 0 Å². The molecule has 0 aromatic heterocycles. The van der Waals surface area contributed by atoms with Crippen LogP contribution in [0, 0.1) is 5.92 Å². The minimum absolute atomic E-state index is 0.179. The number of rotatable bonds is 2. The van der Waals surface area contributed by atoms with Gasteiger partial charge in [-0.05, 0) is 30.2 Å². The van der Waals surface area contributed by atoms with Crippen LogP contribution in [0.2, 0.25) is 5.02 Å². The molecule has 1 aliphatic rings. The Morgan fingerprint density at radius 2 is 2.44 bits per heavy atom. The van der Waals surface area contributed by atoms with Gasteiger partial charge in [0, 0.05) is 10.9 Å². The van der Waals surface area contributed by atoms with Gasteiger partial charge in [0.2, 0.25) is 0 Å². The monoisotopic (exact) mass is 240 g/mol. The zero-order chi connectivity index (χ0) is 11.5. The third-order valence-corrected chi connectivity index (χ3v) is 2.92. The molecule has 16 heavy (non-hydrogen) atoms. The molecule has 1 aliphatic heterocycles. The smallest absolute Gasteiger partial charge is 0.305 e. The summed E-state index contributed by atoms with van der Waals surface area (Å²) in [5.74, 6) is 0.850. The molecular weight excluding hydrogens is 228 g/mol. The molecule has 0 radical (unpaired) electrons. The van der Waals surface area contributed by atoms with Gasteiger partial charge >= 0.3 is 5.97 Å². The maximum Gasteiger partial charge on any atom is 0.305 e. The number of fused-ring (bicyclic) bond motifs is 1. The van der Waals surface area contributed by atoms with Crippen LogP contribution in [0.25, 0.3) is 0 Å². The van der Waals surface area contributed by atoms with Gasteiger partial charge < -0.3 is 9.47 Å². The van der Waals surface area contributed by atoms with Crippen LogP contribution in [0.5, 0.6) is 5.75 Å². The van der Waals surface area contributed by atoms with E-state index >= 15 is 0 Å². The molecule has 1 unspecified atom stereocenters. The van der Waals surface area contributed by atoms with Crippen LogP contribution in [0.15, 0.2) is 18.2 Å². The number of esters is 1. The first-order chi connectivity index (χ1) is 7.69. The van der Waals surface area contributed by atoms with Gasteiger partial charge in [-0.2, -0.15) is 0 Å². The Kier molecular flexibility index (Phi) is 3.34. The highest BCUT2D eigenvalue weighted by atomic mass is 35.5. The Morgan fingerprint density at radius 3 is 3.19 bits per heavy atom. The summed E-state index contributed by atoms with van der Waals surface area (Å²) in [4.78, 5) is 11.2. The summed E-state index contributed by atoms with van der Waals surface area (Å²) in [5, 5.41) is 0.695. The van der Waals surface area contributed by atoms with Crippen LogP contribution in [0.4, 0.5) is 0 Å². The number of hydrogen-bond acceptors (Lipinski definition) is 3. The maximum atomic E-state index is 11.2. The van der Waals surface area contributed by atoms with Gasteiger partial charge in [0.25, 0.3) is 0 Å². The average Bonchev–Trinajstić information content (AvgIpc) is 2.28. The summed E-state index contributed by atoms with van der Waals surface area (Å²) < 4.78 is 10.2. The number of halogens is 1. The van der Waals surface area contributed by atoms with E-state index in [0.717, 1.165) is 17.7 Å². The fraction of sp³-hybridized carbons (Fsp3) is 0.417. The molecule has 0 N–H and O–H groups in total. The van der Waals surface area contributed by atoms with E-state index in [1.807, 2.05) is 12.1 Å². The van der Waals surface area contributed by atoms with Crippen molar-refractivity contribution in [3.63, 3.8) is 0 Å². The molecule has 4 heteroatoms. The first-order valence-electron chi connectivity index (χ1n) is 5.17. The van der Waals surface area contributed by atoms with Crippen molar-refractivity contribution < 1.29 is 14.3 Å². The highest BCUT2D eigenvalue weighted by molar-refractivity contribution is 6.30. The molecule has 2 rings (SSSR count). The van der Waals surface area contributed by atoms with Crippen LogP contribution >= 0.6 is 11.6 Å². The molecule has 1 heterocycles. The fourth-order valence-electron chi connectivity index (χ4n) is 1.88. The zero-order valence-electron chi connectivity index (χ0n) is 9.03. The zero-order valence-corrected chi connectivity index (χ0v) is 9.79. The van der Waals surface area contributed by atoms with Gasteiger partial charge in [-0.15, -0.1) is 0 Å². The van der Waals surface area contributed by atoms with Gasteiger partial charge in [-0.25, -0.2) is 0 Å². The molecule has 1 aromatic rings. The molecule has 0 saturated heterocycles. The summed E-state index contributed by atoms with van der Waals surface area (Å²) in [5.41, 5.74) is 1.06. The fourth-order valence-corrected chi connectivity index (χ4v) is 2.07. The molecule has 0 amide bonds. The lowest BCUT2D eigenvalue weighted by Crippen LogP contribution is -2.23. The molecule has 0 bridgehead atoms. The molecule has 0 spiro atoms. The standard InChI is InChI=1S/C12H13ClO3/c1-15-12(14)5-8-4-9-6-10(13)2-3-11(9)16-7-8/h2-3,6,8H,4-5,7H2,1H3. The van der Waals surface area contributed by atoms with E-state index in [1.54, 1.807) is 6.07 Å². The average molecular weight is 241 g/mol. The second-order valence-corrected chi connectivity index (χ2v) is 4.35. The summed E-state index contributed by atoms with van der Waals surface area (Å²) in [6.45, 7) is 0.559. The first kappa shape index (κ1) is 11.3. The largest absolute Gasteiger partial charge is 0.493 e. The van der Waals surface area contributed by atoms with Crippen molar-refractivity contribution in [3.05, 3.63) is 28.8 Å². The van der Waals surface area contributed by atoms with Crippen molar-refractivity contribution in [3.8, 4) is 5.75 Å². The molecule has 1 aromatic carbocycles. The lowest BCUT2D eigenvalue weighted by atomic mass is 9.94. The van der Waals surface area contributed by atoms with Gasteiger partial charge in [0.1, 0.15) is 5.75 Å². The second-order valence-electron chi connectivity index (χ2n) is 3.91. The Labute approximate surface area is 99.3 Å². The number of benzene rings is 1. The van der Waals surface area contributed by atoms with Crippen LogP contribution in [0.3, 0.4) is 0 Å². The maximum absolute atomic E-state index is 11.2. The summed E-state index contributed by atoms with van der Waals surface area (Å²) in [6.07, 6.45) is 1.20. The Bertz CT molecular complexity index is 403. The van der Waals surface area contributed by atoms with Crippen molar-refractivity contribution in [2.45, 2.75) is 12.8 Å². The van der Waals surface area contributed by atoms with E-state index in [1.165, 1.54) is 7.11 Å². The predicted molar refractivity (Wildman–Crippen MR) is 60.8 cm³/mol. The third-order valence-electron chi connectivity index (χ3n) is 2.69. The van der Waals surface area contributed by atoms with Crippen molar-refractivity contribution in [2.24, 2.45) is 5.92 Å². The minimum Gasteiger partial charge on any atom is -0.493 e. The van der Waals surface area contributed by atoms with Gasteiger partial charge in [0.15, 0.2) is 0 Å². The quantitative estimate of drug-likeness (QED) is 0.745. The minimum atomic E-state index is -0.195. The molecule has 0 fully saturated rings. The Balaban J connectivity index is 2.08. The highest BCUT2D eigenvalue weighted by Gasteiger charge is 2.22. The number of hydrogen-bond donors (Lipinski definition) is 0. The molecule has 86 valence electrons. The lowest BCUT2D eigenvalue weighted by molar-refractivity contribution is -0.142. The van der Waals surface area contributed by atoms with Crippen LogP contribution < -0.4 is 4.74 Å². The van der Waals surface area contributed by atoms with Gasteiger partial charge in [0.05, 0.1) is 20.1 Å². The van der Waals surface area contributed by atoms with Crippen LogP contribution in [0.1, 0.15) is 12.0 Å². The van der Waals surface area contributed by atoms with E-state index in [4.69, 9.17) is 16.3 Å². The van der Waals surface area contributed by atoms with Gasteiger partial charge in [-0.3, -0.25) is 4.79 Å². The summed E-state index contributed by atoms with van der Waals surface area (Å²) in [7, 11) is 1.40. The molecule has 1 atom stereocenters. The number of carbonyl (C=O) groups is 1. The topological polar surface area (TPSA) is 35.5 Å². The summed E-state index contributed by atoms with van der Waals surface area (Å²) in [6, 6.07) is 5.56. The predicted octanol–water partition coefficient (Wildman–Crippen LogP) is 2.45.